The van der Waals surface area contributed by atoms with Gasteiger partial charge in [0.25, 0.3) is 0 Å². The van der Waals surface area contributed by atoms with Crippen LogP contribution >= 0.6 is 0 Å². The second kappa shape index (κ2) is 84.4. The van der Waals surface area contributed by atoms with E-state index in [0.717, 1.165) is 103 Å². The molecule has 4 unspecified atom stereocenters. The van der Waals surface area contributed by atoms with Crippen molar-refractivity contribution in [3.8, 4) is 0 Å². The van der Waals surface area contributed by atoms with E-state index in [1.165, 1.54) is 50.9 Å². The zero-order valence-corrected chi connectivity index (χ0v) is 55.1. The first-order valence-corrected chi connectivity index (χ1v) is 33.1. The minimum absolute atomic E-state index is 0.0938. The normalized spacial score (nSPS) is 11.2. The molecule has 0 aromatic rings. The van der Waals surface area contributed by atoms with Crippen LogP contribution in [0.4, 0.5) is 0 Å². The Morgan fingerprint density at radius 3 is 0.508 bits per heavy atom. The molecule has 65 heavy (non-hydrogen) atoms. The maximum atomic E-state index is 10.3. The van der Waals surface area contributed by atoms with Crippen LogP contribution in [-0.4, -0.2) is 111 Å². The van der Waals surface area contributed by atoms with E-state index in [1.807, 2.05) is 41.5 Å². The predicted molar refractivity (Wildman–Crippen MR) is 269 cm³/mol. The van der Waals surface area contributed by atoms with Crippen LogP contribution in [0.25, 0.3) is 0 Å². The van der Waals surface area contributed by atoms with Crippen molar-refractivity contribution in [3.05, 3.63) is 0 Å². The molecular formula is C52H105Bi3O10. The number of carbonyl (C=O) groups is 4. The third-order valence-corrected chi connectivity index (χ3v) is 13.1. The van der Waals surface area contributed by atoms with Crippen molar-refractivity contribution >= 4 is 98.0 Å². The quantitative estimate of drug-likeness (QED) is 0.0630. The molecule has 4 atom stereocenters. The van der Waals surface area contributed by atoms with Crippen molar-refractivity contribution < 1.29 is 49.8 Å². The van der Waals surface area contributed by atoms with E-state index in [9.17, 15) is 49.8 Å². The first kappa shape index (κ1) is 85.3. The van der Waals surface area contributed by atoms with E-state index in [4.69, 9.17) is 0 Å². The van der Waals surface area contributed by atoms with Gasteiger partial charge in [-0.05, 0) is 75.0 Å². The van der Waals surface area contributed by atoms with Crippen LogP contribution < -0.4 is 30.6 Å². The topological polar surface area (TPSA) is 207 Å². The average Bonchev–Trinajstić information content (AvgIpc) is 3.27. The standard InChI is InChI=1S/4C8H16O2.2C4H9O.3C4H9.3Bi/c4*1-3-5-6-7(4-2)8(9)10;2*1-2-3-4-5;3*1-3-4-2;;;/h4*7H,3-6H2,1-2H3,(H,9,10);2*2-4H2,1H3;3*1,3-4H2,2H3;;;/q;;;;2*-1;;;;3*+2/p-4. The monoisotopic (exact) mass is 1520 g/mol. The Morgan fingerprint density at radius 2 is 0.462 bits per heavy atom. The Balaban J connectivity index is -0.0000000790. The Bertz CT molecular complexity index is 705. The van der Waals surface area contributed by atoms with E-state index in [-0.39, 0.29) is 36.9 Å². The van der Waals surface area contributed by atoms with Crippen LogP contribution in [0.5, 0.6) is 0 Å². The van der Waals surface area contributed by atoms with Gasteiger partial charge in [0.05, 0.1) is 0 Å². The molecule has 0 bridgehead atoms. The molecule has 0 aliphatic rings. The van der Waals surface area contributed by atoms with Gasteiger partial charge in [0.15, 0.2) is 0 Å². The summed E-state index contributed by atoms with van der Waals surface area (Å²) < 4.78 is 4.36. The molecule has 0 aliphatic heterocycles. The molecule has 0 fully saturated rings. The van der Waals surface area contributed by atoms with E-state index in [2.05, 4.69) is 48.5 Å². The SMILES string of the molecule is CCCCC(CC)C(=O)[O-].CCCCC(CC)C(=O)[O-].CCCCC(CC)C(=O)[O-].CCCCC(CC)C(=O)[O-].CCCC[O-].CCCC[O-].CCC[CH2][Bi+2].CCC[CH2][Bi+2].CCC[CH2][Bi+2]. The molecule has 0 saturated heterocycles. The summed E-state index contributed by atoms with van der Waals surface area (Å²) in [4.78, 5) is 41.3. The van der Waals surface area contributed by atoms with Gasteiger partial charge in [-0.25, -0.2) is 0 Å². The fourth-order valence-corrected chi connectivity index (χ4v) is 8.21. The maximum absolute atomic E-state index is 10.3. The van der Waals surface area contributed by atoms with Crippen LogP contribution in [-0.2, 0) is 19.2 Å². The fraction of sp³-hybridized carbons (Fsp3) is 0.923. The number of hydrogen-bond donors (Lipinski definition) is 0. The second-order valence-electron chi connectivity index (χ2n) is 15.6. The van der Waals surface area contributed by atoms with E-state index >= 15 is 0 Å². The number of carboxylic acid groups (broad SMARTS) is 4. The molecule has 0 aromatic carbocycles. The molecule has 0 spiro atoms. The molecule has 0 N–H and O–H groups in total. The molecular weight excluding hydrogens is 1410 g/mol. The molecule has 0 amide bonds. The summed E-state index contributed by atoms with van der Waals surface area (Å²) >= 11 is 4.68. The number of carbonyl (C=O) groups excluding carboxylic acids is 4. The van der Waals surface area contributed by atoms with Crippen molar-refractivity contribution in [1.29, 1.82) is 0 Å². The van der Waals surface area contributed by atoms with Gasteiger partial charge in [0.2, 0.25) is 0 Å². The van der Waals surface area contributed by atoms with Crippen LogP contribution in [0, 0.1) is 23.7 Å². The zero-order chi connectivity index (χ0) is 52.5. The van der Waals surface area contributed by atoms with Gasteiger partial charge in [-0.15, -0.1) is 13.2 Å². The number of carboxylic acids is 4. The van der Waals surface area contributed by atoms with Gasteiger partial charge in [-0.2, -0.15) is 0 Å². The summed E-state index contributed by atoms with van der Waals surface area (Å²) in [5.41, 5.74) is 0. The second-order valence-corrected chi connectivity index (χ2v) is 20.8. The molecule has 0 aliphatic carbocycles. The predicted octanol–water partition coefficient (Wildman–Crippen LogP) is 8.22. The molecule has 0 heterocycles. The van der Waals surface area contributed by atoms with Crippen LogP contribution in [0.3, 0.4) is 0 Å². The van der Waals surface area contributed by atoms with E-state index in [1.54, 1.807) is 74.2 Å². The van der Waals surface area contributed by atoms with Crippen LogP contribution in [0.15, 0.2) is 0 Å². The summed E-state index contributed by atoms with van der Waals surface area (Å²) in [5, 5.41) is 60.4. The van der Waals surface area contributed by atoms with E-state index in [0.29, 0.717) is 25.7 Å². The number of aliphatic carboxylic acids is 4. The molecule has 13 heteroatoms. The first-order chi connectivity index (χ1) is 30.9. The molecule has 0 rings (SSSR count). The molecule has 388 valence electrons. The van der Waals surface area contributed by atoms with Crippen molar-refractivity contribution in [3.63, 3.8) is 0 Å². The molecule has 0 saturated carbocycles. The van der Waals surface area contributed by atoms with Gasteiger partial charge >= 0.3 is 146 Å². The number of unbranched alkanes of at least 4 members (excludes halogenated alkanes) is 9. The van der Waals surface area contributed by atoms with Crippen molar-refractivity contribution in [2.45, 2.75) is 269 Å². The Kier molecular flexibility index (Phi) is 111. The van der Waals surface area contributed by atoms with Gasteiger partial charge in [-0.1, -0.05) is 146 Å². The Labute approximate surface area is 450 Å². The zero-order valence-electron chi connectivity index (χ0n) is 44.7. The molecule has 10 nitrogen and oxygen atoms in total. The third-order valence-electron chi connectivity index (χ3n) is 9.46. The van der Waals surface area contributed by atoms with E-state index < -0.39 is 23.9 Å². The van der Waals surface area contributed by atoms with Crippen molar-refractivity contribution in [2.75, 3.05) is 13.2 Å². The number of rotatable bonds is 30. The summed E-state index contributed by atoms with van der Waals surface area (Å²) in [5.74, 6) is -4.46. The van der Waals surface area contributed by atoms with Gasteiger partial charge in [-0.3, -0.25) is 0 Å². The fourth-order valence-electron chi connectivity index (χ4n) is 4.52. The minimum atomic E-state index is -0.893. The van der Waals surface area contributed by atoms with Crippen molar-refractivity contribution in [2.24, 2.45) is 23.7 Å². The van der Waals surface area contributed by atoms with Gasteiger partial charge in [0.1, 0.15) is 0 Å². The Hall–Kier alpha value is 0.449. The summed E-state index contributed by atoms with van der Waals surface area (Å²) in [6, 6.07) is 0. The van der Waals surface area contributed by atoms with Crippen molar-refractivity contribution in [1.82, 2.24) is 0 Å². The van der Waals surface area contributed by atoms with Gasteiger partial charge < -0.3 is 49.8 Å². The Morgan fingerprint density at radius 1 is 0.308 bits per heavy atom. The third kappa shape index (κ3) is 98.8. The molecule has 0 aromatic heterocycles. The first-order valence-electron chi connectivity index (χ1n) is 25.8. The summed E-state index contributed by atoms with van der Waals surface area (Å²) in [6.45, 7) is 26.7. The summed E-state index contributed by atoms with van der Waals surface area (Å²) in [7, 11) is 0. The van der Waals surface area contributed by atoms with Crippen LogP contribution in [0.2, 0.25) is 12.4 Å². The number of hydrogen-bond acceptors (Lipinski definition) is 10. The summed E-state index contributed by atoms with van der Waals surface area (Å²) in [6.07, 6.45) is 26.2. The van der Waals surface area contributed by atoms with Crippen LogP contribution in [0.1, 0.15) is 257 Å². The average molecular weight is 1520 g/mol. The van der Waals surface area contributed by atoms with Gasteiger partial charge in [0, 0.05) is 23.9 Å². The molecule has 6 radical (unpaired) electrons.